The Kier molecular flexibility index (Phi) is 8.68. The first-order chi connectivity index (χ1) is 16.2. The Morgan fingerprint density at radius 1 is 1.06 bits per heavy atom. The molecule has 1 atom stereocenters. The van der Waals surface area contributed by atoms with Crippen LogP contribution in [0.3, 0.4) is 0 Å². The van der Waals surface area contributed by atoms with Crippen molar-refractivity contribution in [3.05, 3.63) is 59.7 Å². The van der Waals surface area contributed by atoms with Crippen molar-refractivity contribution in [3.8, 4) is 5.75 Å². The minimum atomic E-state index is -3.86. The van der Waals surface area contributed by atoms with Gasteiger partial charge in [-0.05, 0) is 56.5 Å². The molecule has 184 valence electrons. The van der Waals surface area contributed by atoms with Crippen LogP contribution in [0.1, 0.15) is 43.4 Å². The average molecular weight is 489 g/mol. The van der Waals surface area contributed by atoms with Crippen LogP contribution in [0.2, 0.25) is 0 Å². The van der Waals surface area contributed by atoms with Gasteiger partial charge in [-0.25, -0.2) is 13.1 Å². The van der Waals surface area contributed by atoms with Crippen LogP contribution in [-0.4, -0.2) is 52.0 Å². The fraction of sp³-hybridized carbons (Fsp3) is 0.440. The van der Waals surface area contributed by atoms with Crippen molar-refractivity contribution in [1.29, 1.82) is 0 Å². The van der Waals surface area contributed by atoms with Crippen molar-refractivity contribution in [2.45, 2.75) is 44.0 Å². The number of esters is 1. The van der Waals surface area contributed by atoms with Gasteiger partial charge >= 0.3 is 5.97 Å². The molecule has 0 spiro atoms. The van der Waals surface area contributed by atoms with Gasteiger partial charge in [0.25, 0.3) is 0 Å². The van der Waals surface area contributed by atoms with Gasteiger partial charge in [-0.3, -0.25) is 9.59 Å². The van der Waals surface area contributed by atoms with Gasteiger partial charge in [0.2, 0.25) is 15.9 Å². The summed E-state index contributed by atoms with van der Waals surface area (Å²) in [5, 5.41) is 0. The summed E-state index contributed by atoms with van der Waals surface area (Å²) in [5.74, 6) is 0.0315. The van der Waals surface area contributed by atoms with Gasteiger partial charge in [-0.1, -0.05) is 29.8 Å². The van der Waals surface area contributed by atoms with Crippen LogP contribution in [0.5, 0.6) is 5.75 Å². The Morgan fingerprint density at radius 3 is 2.24 bits per heavy atom. The number of nitrogens with one attached hydrogen (secondary N) is 1. The normalized spacial score (nSPS) is 15.6. The van der Waals surface area contributed by atoms with E-state index in [0.29, 0.717) is 43.9 Å². The zero-order valence-corrected chi connectivity index (χ0v) is 20.6. The SMILES string of the molecule is CCOC(=O)C1CCN(C(=O)C[C@@H](NS(=O)(=O)c2ccc(C)cc2)c2ccc(OC)cc2)CC1. The molecule has 0 aliphatic carbocycles. The molecule has 2 aromatic carbocycles. The van der Waals surface area contributed by atoms with E-state index in [1.807, 2.05) is 6.92 Å². The maximum atomic E-state index is 13.1. The van der Waals surface area contributed by atoms with E-state index in [1.165, 1.54) is 0 Å². The molecule has 1 amide bonds. The number of nitrogens with zero attached hydrogens (tertiary/aromatic N) is 1. The second-order valence-electron chi connectivity index (χ2n) is 8.37. The number of ether oxygens (including phenoxy) is 2. The van der Waals surface area contributed by atoms with Crippen molar-refractivity contribution in [2.75, 3.05) is 26.8 Å². The molecule has 1 fully saturated rings. The second kappa shape index (κ2) is 11.5. The van der Waals surface area contributed by atoms with Gasteiger partial charge in [0.1, 0.15) is 5.75 Å². The fourth-order valence-electron chi connectivity index (χ4n) is 3.96. The van der Waals surface area contributed by atoms with Crippen LogP contribution < -0.4 is 9.46 Å². The Bertz CT molecular complexity index is 1080. The summed E-state index contributed by atoms with van der Waals surface area (Å²) in [6, 6.07) is 12.8. The number of aryl methyl sites for hydroxylation is 1. The number of rotatable bonds is 9. The number of sulfonamides is 1. The zero-order chi connectivity index (χ0) is 24.7. The van der Waals surface area contributed by atoms with Crippen molar-refractivity contribution >= 4 is 21.9 Å². The summed E-state index contributed by atoms with van der Waals surface area (Å²) in [6.07, 6.45) is 1.03. The topological polar surface area (TPSA) is 102 Å². The molecule has 8 nitrogen and oxygen atoms in total. The highest BCUT2D eigenvalue weighted by Crippen LogP contribution is 2.26. The van der Waals surface area contributed by atoms with Crippen molar-refractivity contribution in [2.24, 2.45) is 5.92 Å². The van der Waals surface area contributed by atoms with Gasteiger partial charge in [-0.2, -0.15) is 0 Å². The minimum Gasteiger partial charge on any atom is -0.497 e. The number of methoxy groups -OCH3 is 1. The van der Waals surface area contributed by atoms with Gasteiger partial charge in [0.05, 0.1) is 30.6 Å². The highest BCUT2D eigenvalue weighted by Gasteiger charge is 2.31. The Hall–Kier alpha value is -2.91. The highest BCUT2D eigenvalue weighted by molar-refractivity contribution is 7.89. The summed E-state index contributed by atoms with van der Waals surface area (Å²) < 4.78 is 39.2. The third kappa shape index (κ3) is 6.57. The maximum Gasteiger partial charge on any atom is 0.309 e. The lowest BCUT2D eigenvalue weighted by molar-refractivity contribution is -0.151. The number of carbonyl (C=O) groups excluding carboxylic acids is 2. The first kappa shape index (κ1) is 25.7. The second-order valence-corrected chi connectivity index (χ2v) is 10.1. The lowest BCUT2D eigenvalue weighted by Crippen LogP contribution is -2.42. The average Bonchev–Trinajstić information content (AvgIpc) is 2.84. The Balaban J connectivity index is 1.75. The van der Waals surface area contributed by atoms with Gasteiger partial charge in [-0.15, -0.1) is 0 Å². The molecular weight excluding hydrogens is 456 g/mol. The zero-order valence-electron chi connectivity index (χ0n) is 19.8. The summed E-state index contributed by atoms with van der Waals surface area (Å²) in [6.45, 7) is 4.86. The molecule has 1 saturated heterocycles. The van der Waals surface area contributed by atoms with E-state index >= 15 is 0 Å². The molecule has 0 aromatic heterocycles. The summed E-state index contributed by atoms with van der Waals surface area (Å²) in [5.41, 5.74) is 1.61. The smallest absolute Gasteiger partial charge is 0.309 e. The molecule has 1 aliphatic heterocycles. The van der Waals surface area contributed by atoms with E-state index in [-0.39, 0.29) is 29.1 Å². The molecule has 34 heavy (non-hydrogen) atoms. The number of hydrogen-bond donors (Lipinski definition) is 1. The number of piperidine rings is 1. The number of benzene rings is 2. The van der Waals surface area contributed by atoms with Crippen LogP contribution in [0.25, 0.3) is 0 Å². The molecule has 1 aliphatic rings. The van der Waals surface area contributed by atoms with Crippen LogP contribution in [-0.2, 0) is 24.3 Å². The van der Waals surface area contributed by atoms with Crippen molar-refractivity contribution in [3.63, 3.8) is 0 Å². The monoisotopic (exact) mass is 488 g/mol. The molecule has 3 rings (SSSR count). The minimum absolute atomic E-state index is 0.0402. The van der Waals surface area contributed by atoms with Gasteiger partial charge in [0, 0.05) is 19.5 Å². The third-order valence-electron chi connectivity index (χ3n) is 5.99. The van der Waals surface area contributed by atoms with E-state index < -0.39 is 16.1 Å². The number of carbonyl (C=O) groups is 2. The van der Waals surface area contributed by atoms with E-state index in [9.17, 15) is 18.0 Å². The van der Waals surface area contributed by atoms with Crippen LogP contribution in [0, 0.1) is 12.8 Å². The standard InChI is InChI=1S/C25H32N2O6S/c1-4-33-25(29)20-13-15-27(16-14-20)24(28)17-23(19-7-9-21(32-3)10-8-19)26-34(30,31)22-11-5-18(2)6-12-22/h5-12,20,23,26H,4,13-17H2,1-3H3/t23-/m1/s1. The molecule has 0 unspecified atom stereocenters. The molecule has 0 radical (unpaired) electrons. The molecular formula is C25H32N2O6S. The van der Waals surface area contributed by atoms with E-state index in [2.05, 4.69) is 4.72 Å². The quantitative estimate of drug-likeness (QED) is 0.544. The molecule has 0 saturated carbocycles. The first-order valence-electron chi connectivity index (χ1n) is 11.4. The largest absolute Gasteiger partial charge is 0.497 e. The molecule has 1 heterocycles. The lowest BCUT2D eigenvalue weighted by Gasteiger charge is -2.32. The molecule has 2 aromatic rings. The van der Waals surface area contributed by atoms with E-state index in [4.69, 9.17) is 9.47 Å². The van der Waals surface area contributed by atoms with Crippen LogP contribution in [0.4, 0.5) is 0 Å². The highest BCUT2D eigenvalue weighted by atomic mass is 32.2. The van der Waals surface area contributed by atoms with Crippen LogP contribution in [0.15, 0.2) is 53.4 Å². The number of hydrogen-bond acceptors (Lipinski definition) is 6. The molecule has 9 heteroatoms. The molecule has 0 bridgehead atoms. The first-order valence-corrected chi connectivity index (χ1v) is 12.9. The summed E-state index contributed by atoms with van der Waals surface area (Å²) in [4.78, 5) is 26.9. The van der Waals surface area contributed by atoms with E-state index in [0.717, 1.165) is 5.56 Å². The maximum absolute atomic E-state index is 13.1. The molecule has 1 N–H and O–H groups in total. The summed E-state index contributed by atoms with van der Waals surface area (Å²) in [7, 11) is -2.30. The predicted molar refractivity (Wildman–Crippen MR) is 128 cm³/mol. The van der Waals surface area contributed by atoms with Crippen molar-refractivity contribution < 1.29 is 27.5 Å². The van der Waals surface area contributed by atoms with E-state index in [1.54, 1.807) is 67.5 Å². The summed E-state index contributed by atoms with van der Waals surface area (Å²) >= 11 is 0. The van der Waals surface area contributed by atoms with Crippen molar-refractivity contribution in [1.82, 2.24) is 9.62 Å². The number of likely N-dealkylation sites (tertiary alicyclic amines) is 1. The van der Waals surface area contributed by atoms with Gasteiger partial charge < -0.3 is 14.4 Å². The number of amides is 1. The Labute approximate surface area is 201 Å². The van der Waals surface area contributed by atoms with Gasteiger partial charge in [0.15, 0.2) is 0 Å². The third-order valence-corrected chi connectivity index (χ3v) is 7.48. The fourth-order valence-corrected chi connectivity index (χ4v) is 5.19. The lowest BCUT2D eigenvalue weighted by atomic mass is 9.96. The van der Waals surface area contributed by atoms with Crippen LogP contribution >= 0.6 is 0 Å². The predicted octanol–water partition coefficient (Wildman–Crippen LogP) is 3.22. The Morgan fingerprint density at radius 2 is 1.68 bits per heavy atom.